The zero-order chi connectivity index (χ0) is 33.0. The molecule has 236 valence electrons. The third kappa shape index (κ3) is 4.66. The number of aliphatic imine (C=N–C) groups is 2. The quantitative estimate of drug-likeness (QED) is 0.200. The first-order chi connectivity index (χ1) is 24.8. The molecule has 1 unspecified atom stereocenters. The highest BCUT2D eigenvalue weighted by Crippen LogP contribution is 2.45. The normalized spacial score (nSPS) is 14.6. The van der Waals surface area contributed by atoms with Gasteiger partial charge in [0.25, 0.3) is 0 Å². The van der Waals surface area contributed by atoms with Crippen LogP contribution in [0.3, 0.4) is 0 Å². The molecule has 3 heterocycles. The number of nitrogens with one attached hydrogen (secondary N) is 1. The van der Waals surface area contributed by atoms with Crippen molar-refractivity contribution < 1.29 is 4.42 Å². The first-order valence-corrected chi connectivity index (χ1v) is 17.6. The van der Waals surface area contributed by atoms with Gasteiger partial charge in [-0.3, -0.25) is 0 Å². The number of thiophene rings is 1. The molecule has 1 N–H and O–H groups in total. The number of nitrogens with zero attached hydrogens (tertiary/aromatic N) is 2. The number of rotatable bonds is 5. The number of amidine groups is 2. The van der Waals surface area contributed by atoms with Crippen molar-refractivity contribution in [1.82, 2.24) is 5.32 Å². The van der Waals surface area contributed by atoms with Crippen LogP contribution >= 0.6 is 11.3 Å². The number of hydrogen-bond acceptors (Lipinski definition) is 5. The standard InChI is InChI=1S/C45H29N3OS/c1-4-14-28(15-5-1)31-26-27-36(45-47-43(29-16-6-2-7-17-29)46-44(48-45)30-18-8-3-9-19-30)40-35-23-12-22-33(41(35)49-42(31)40)32-21-13-25-38-39(32)34-20-10-11-24-37(34)50-38/h1-27,43H,(H,46,47,48). The molecule has 4 nitrogen and oxygen atoms in total. The zero-order valence-electron chi connectivity index (χ0n) is 26.9. The summed E-state index contributed by atoms with van der Waals surface area (Å²) in [6.07, 6.45) is -0.305. The van der Waals surface area contributed by atoms with Gasteiger partial charge in [0.2, 0.25) is 0 Å². The van der Waals surface area contributed by atoms with Gasteiger partial charge in [-0.2, -0.15) is 0 Å². The maximum atomic E-state index is 7.10. The third-order valence-corrected chi connectivity index (χ3v) is 10.7. The van der Waals surface area contributed by atoms with Crippen molar-refractivity contribution in [1.29, 1.82) is 0 Å². The fraction of sp³-hybridized carbons (Fsp3) is 0.0222. The van der Waals surface area contributed by atoms with Crippen LogP contribution in [-0.2, 0) is 0 Å². The van der Waals surface area contributed by atoms with Crippen LogP contribution in [0, 0.1) is 0 Å². The molecule has 1 aliphatic heterocycles. The van der Waals surface area contributed by atoms with Gasteiger partial charge in [-0.1, -0.05) is 140 Å². The highest BCUT2D eigenvalue weighted by molar-refractivity contribution is 7.25. The number of benzene rings is 7. The van der Waals surface area contributed by atoms with Gasteiger partial charge in [0, 0.05) is 53.2 Å². The molecule has 50 heavy (non-hydrogen) atoms. The maximum Gasteiger partial charge on any atom is 0.160 e. The van der Waals surface area contributed by atoms with E-state index in [0.29, 0.717) is 5.84 Å². The van der Waals surface area contributed by atoms with Gasteiger partial charge in [0.15, 0.2) is 5.84 Å². The molecular formula is C45H29N3OS. The number of furan rings is 1. The summed E-state index contributed by atoms with van der Waals surface area (Å²) in [7, 11) is 0. The summed E-state index contributed by atoms with van der Waals surface area (Å²) >= 11 is 1.83. The van der Waals surface area contributed by atoms with Crippen molar-refractivity contribution in [2.24, 2.45) is 9.98 Å². The van der Waals surface area contributed by atoms with Crippen molar-refractivity contribution in [2.45, 2.75) is 6.17 Å². The van der Waals surface area contributed by atoms with Gasteiger partial charge in [0.05, 0.1) is 0 Å². The average molecular weight is 660 g/mol. The molecule has 1 atom stereocenters. The summed E-state index contributed by atoms with van der Waals surface area (Å²) in [5.74, 6) is 1.45. The van der Waals surface area contributed by atoms with Crippen LogP contribution in [0.5, 0.6) is 0 Å². The molecule has 2 aromatic heterocycles. The summed E-state index contributed by atoms with van der Waals surface area (Å²) in [4.78, 5) is 10.5. The molecule has 7 aromatic carbocycles. The zero-order valence-corrected chi connectivity index (χ0v) is 27.7. The van der Waals surface area contributed by atoms with Gasteiger partial charge in [-0.05, 0) is 41.0 Å². The van der Waals surface area contributed by atoms with E-state index in [9.17, 15) is 0 Å². The Morgan fingerprint density at radius 1 is 0.480 bits per heavy atom. The van der Waals surface area contributed by atoms with Crippen LogP contribution in [0.4, 0.5) is 0 Å². The average Bonchev–Trinajstić information content (AvgIpc) is 3.78. The maximum absolute atomic E-state index is 7.10. The second-order valence-electron chi connectivity index (χ2n) is 12.5. The fourth-order valence-electron chi connectivity index (χ4n) is 7.26. The second kappa shape index (κ2) is 11.7. The van der Waals surface area contributed by atoms with Crippen molar-refractivity contribution in [3.8, 4) is 22.3 Å². The molecule has 0 aliphatic carbocycles. The Kier molecular flexibility index (Phi) is 6.71. The number of hydrogen-bond donors (Lipinski definition) is 1. The molecule has 0 saturated heterocycles. The van der Waals surface area contributed by atoms with Crippen LogP contribution in [0.2, 0.25) is 0 Å². The van der Waals surface area contributed by atoms with Crippen LogP contribution < -0.4 is 5.32 Å². The van der Waals surface area contributed by atoms with E-state index in [1.807, 2.05) is 41.7 Å². The van der Waals surface area contributed by atoms with Crippen molar-refractivity contribution in [2.75, 3.05) is 0 Å². The van der Waals surface area contributed by atoms with Gasteiger partial charge in [-0.25, -0.2) is 9.98 Å². The Morgan fingerprint density at radius 3 is 1.94 bits per heavy atom. The summed E-state index contributed by atoms with van der Waals surface area (Å²) < 4.78 is 9.65. The van der Waals surface area contributed by atoms with Crippen LogP contribution in [0.25, 0.3) is 64.4 Å². The lowest BCUT2D eigenvalue weighted by Crippen LogP contribution is -2.33. The molecule has 1 aliphatic rings. The Balaban J connectivity index is 1.26. The van der Waals surface area contributed by atoms with Gasteiger partial charge in [0.1, 0.15) is 23.2 Å². The van der Waals surface area contributed by atoms with E-state index in [-0.39, 0.29) is 6.17 Å². The van der Waals surface area contributed by atoms with Crippen molar-refractivity contribution in [3.63, 3.8) is 0 Å². The Labute approximate surface area is 292 Å². The topological polar surface area (TPSA) is 49.9 Å². The van der Waals surface area contributed by atoms with E-state index in [4.69, 9.17) is 14.4 Å². The first kappa shape index (κ1) is 28.7. The Morgan fingerprint density at radius 2 is 1.12 bits per heavy atom. The molecule has 9 aromatic rings. The summed E-state index contributed by atoms with van der Waals surface area (Å²) in [6.45, 7) is 0. The summed E-state index contributed by atoms with van der Waals surface area (Å²) in [6, 6.07) is 57.2. The molecular weight excluding hydrogens is 631 g/mol. The summed E-state index contributed by atoms with van der Waals surface area (Å²) in [5.41, 5.74) is 9.06. The SMILES string of the molecule is c1ccc(C2=NC(c3ccc(-c4ccccc4)c4oc5c(-c6cccc7sc8ccccc8c67)cccc5c34)=NC(c3ccccc3)N2)cc1. The third-order valence-electron chi connectivity index (χ3n) is 9.57. The fourth-order valence-corrected chi connectivity index (χ4v) is 8.39. The lowest BCUT2D eigenvalue weighted by Gasteiger charge is -2.24. The van der Waals surface area contributed by atoms with Crippen molar-refractivity contribution in [3.05, 3.63) is 180 Å². The highest BCUT2D eigenvalue weighted by atomic mass is 32.1. The van der Waals surface area contributed by atoms with Crippen molar-refractivity contribution >= 4 is 65.1 Å². The largest absolute Gasteiger partial charge is 0.455 e. The number of fused-ring (bicyclic) bond motifs is 6. The highest BCUT2D eigenvalue weighted by Gasteiger charge is 2.26. The molecule has 0 fully saturated rings. The van der Waals surface area contributed by atoms with Gasteiger partial charge >= 0.3 is 0 Å². The second-order valence-corrected chi connectivity index (χ2v) is 13.6. The van der Waals surface area contributed by atoms with E-state index < -0.39 is 0 Å². The molecule has 0 bridgehead atoms. The van der Waals surface area contributed by atoms with E-state index in [2.05, 4.69) is 139 Å². The smallest absolute Gasteiger partial charge is 0.160 e. The van der Waals surface area contributed by atoms with E-state index in [1.165, 1.54) is 25.7 Å². The van der Waals surface area contributed by atoms with Gasteiger partial charge in [-0.15, -0.1) is 11.3 Å². The minimum atomic E-state index is -0.305. The van der Waals surface area contributed by atoms with Crippen LogP contribution in [0.15, 0.2) is 178 Å². The van der Waals surface area contributed by atoms with E-state index in [1.54, 1.807) is 0 Å². The Bertz CT molecular complexity index is 2780. The van der Waals surface area contributed by atoms with E-state index >= 15 is 0 Å². The molecule has 0 spiro atoms. The van der Waals surface area contributed by atoms with E-state index in [0.717, 1.165) is 61.2 Å². The Hall–Kier alpha value is -6.30. The monoisotopic (exact) mass is 659 g/mol. The van der Waals surface area contributed by atoms with Crippen LogP contribution in [0.1, 0.15) is 22.9 Å². The summed E-state index contributed by atoms with van der Waals surface area (Å²) in [5, 5.41) is 8.17. The molecule has 10 rings (SSSR count). The van der Waals surface area contributed by atoms with Crippen LogP contribution in [-0.4, -0.2) is 11.7 Å². The molecule has 0 radical (unpaired) electrons. The van der Waals surface area contributed by atoms with Gasteiger partial charge < -0.3 is 9.73 Å². The minimum absolute atomic E-state index is 0.305. The minimum Gasteiger partial charge on any atom is -0.455 e. The first-order valence-electron chi connectivity index (χ1n) is 16.8. The predicted octanol–water partition coefficient (Wildman–Crippen LogP) is 11.8. The molecule has 0 amide bonds. The molecule has 0 saturated carbocycles. The predicted molar refractivity (Wildman–Crippen MR) is 209 cm³/mol. The lowest BCUT2D eigenvalue weighted by molar-refractivity contribution is 0.670. The molecule has 5 heteroatoms. The lowest BCUT2D eigenvalue weighted by atomic mass is 9.95. The number of para-hydroxylation sites is 1.